The second kappa shape index (κ2) is 5.11. The fraction of sp³-hybridized carbons (Fsp3) is 0.455. The van der Waals surface area contributed by atoms with Crippen LogP contribution in [0.4, 0.5) is 5.69 Å². The molecule has 4 N–H and O–H groups in total. The molecule has 0 spiro atoms. The minimum Gasteiger partial charge on any atom is -0.354 e. The number of anilines is 1. The zero-order chi connectivity index (χ0) is 12.3. The smallest absolute Gasteiger partial charge is 0.269 e. The van der Waals surface area contributed by atoms with Gasteiger partial charge in [-0.2, -0.15) is 0 Å². The standard InChI is InChI=1S/C11H17N5O/c1-13-11(17)9-3-2-8(6-15-9)16-5-4-14-7-10(16)12/h2-3,6,10,14H,4-5,7,12H2,1H3,(H,13,17)/t10-/m1/s1. The van der Waals surface area contributed by atoms with E-state index in [2.05, 4.69) is 20.5 Å². The molecule has 6 nitrogen and oxygen atoms in total. The molecule has 0 radical (unpaired) electrons. The summed E-state index contributed by atoms with van der Waals surface area (Å²) in [6, 6.07) is 3.59. The number of amides is 1. The second-order valence-electron chi connectivity index (χ2n) is 3.95. The number of carbonyl (C=O) groups is 1. The molecule has 1 aromatic rings. The predicted molar refractivity (Wildman–Crippen MR) is 65.8 cm³/mol. The van der Waals surface area contributed by atoms with Crippen LogP contribution in [0.2, 0.25) is 0 Å². The molecule has 6 heteroatoms. The van der Waals surface area contributed by atoms with Crippen LogP contribution < -0.4 is 21.3 Å². The Bertz CT molecular complexity index is 391. The lowest BCUT2D eigenvalue weighted by molar-refractivity contribution is 0.0958. The van der Waals surface area contributed by atoms with E-state index in [0.29, 0.717) is 5.69 Å². The van der Waals surface area contributed by atoms with Gasteiger partial charge in [-0.1, -0.05) is 0 Å². The average Bonchev–Trinajstić information content (AvgIpc) is 2.39. The topological polar surface area (TPSA) is 83.3 Å². The van der Waals surface area contributed by atoms with Crippen molar-refractivity contribution >= 4 is 11.6 Å². The van der Waals surface area contributed by atoms with E-state index in [1.807, 2.05) is 6.07 Å². The number of nitrogens with two attached hydrogens (primary N) is 1. The van der Waals surface area contributed by atoms with Crippen LogP contribution in [0.1, 0.15) is 10.5 Å². The normalized spacial score (nSPS) is 20.1. The van der Waals surface area contributed by atoms with Crippen molar-refractivity contribution in [3.05, 3.63) is 24.0 Å². The van der Waals surface area contributed by atoms with Crippen molar-refractivity contribution in [3.8, 4) is 0 Å². The summed E-state index contributed by atoms with van der Waals surface area (Å²) in [6.45, 7) is 2.52. The molecule has 0 bridgehead atoms. The Labute approximate surface area is 100 Å². The average molecular weight is 235 g/mol. The Balaban J connectivity index is 2.14. The van der Waals surface area contributed by atoms with E-state index in [-0.39, 0.29) is 12.1 Å². The molecule has 1 aromatic heterocycles. The first-order valence-electron chi connectivity index (χ1n) is 5.63. The first-order chi connectivity index (χ1) is 8.22. The molecule has 1 aliphatic rings. The molecule has 92 valence electrons. The Kier molecular flexibility index (Phi) is 3.55. The van der Waals surface area contributed by atoms with Gasteiger partial charge in [0.25, 0.3) is 5.91 Å². The number of aromatic nitrogens is 1. The first-order valence-corrected chi connectivity index (χ1v) is 5.63. The van der Waals surface area contributed by atoms with Crippen LogP contribution in [0.15, 0.2) is 18.3 Å². The fourth-order valence-electron chi connectivity index (χ4n) is 1.86. The van der Waals surface area contributed by atoms with Crippen LogP contribution in [0.5, 0.6) is 0 Å². The zero-order valence-electron chi connectivity index (χ0n) is 9.81. The molecule has 0 unspecified atom stereocenters. The lowest BCUT2D eigenvalue weighted by atomic mass is 10.2. The van der Waals surface area contributed by atoms with Crippen LogP contribution in [0.25, 0.3) is 0 Å². The molecule has 1 aliphatic heterocycles. The van der Waals surface area contributed by atoms with Crippen molar-refractivity contribution in [2.75, 3.05) is 31.6 Å². The summed E-state index contributed by atoms with van der Waals surface area (Å²) < 4.78 is 0. The number of carbonyl (C=O) groups excluding carboxylic acids is 1. The Morgan fingerprint density at radius 1 is 1.65 bits per heavy atom. The number of hydrogen-bond donors (Lipinski definition) is 3. The summed E-state index contributed by atoms with van der Waals surface area (Å²) in [4.78, 5) is 17.6. The summed E-state index contributed by atoms with van der Waals surface area (Å²) in [5.41, 5.74) is 7.36. The monoisotopic (exact) mass is 235 g/mol. The minimum absolute atomic E-state index is 0.0450. The molecule has 0 aromatic carbocycles. The van der Waals surface area contributed by atoms with Crippen molar-refractivity contribution in [2.45, 2.75) is 6.17 Å². The molecule has 1 fully saturated rings. The summed E-state index contributed by atoms with van der Waals surface area (Å²) in [5, 5.41) is 5.76. The van der Waals surface area contributed by atoms with Crippen molar-refractivity contribution < 1.29 is 4.79 Å². The quantitative estimate of drug-likeness (QED) is 0.621. The largest absolute Gasteiger partial charge is 0.354 e. The summed E-state index contributed by atoms with van der Waals surface area (Å²) >= 11 is 0. The molecular weight excluding hydrogens is 218 g/mol. The third-order valence-electron chi connectivity index (χ3n) is 2.82. The third-order valence-corrected chi connectivity index (χ3v) is 2.82. The number of rotatable bonds is 2. The molecule has 17 heavy (non-hydrogen) atoms. The van der Waals surface area contributed by atoms with Crippen LogP contribution in [0, 0.1) is 0 Å². The highest BCUT2D eigenvalue weighted by atomic mass is 16.1. The van der Waals surface area contributed by atoms with Crippen LogP contribution in [-0.4, -0.2) is 43.7 Å². The van der Waals surface area contributed by atoms with E-state index >= 15 is 0 Å². The highest BCUT2D eigenvalue weighted by Crippen LogP contribution is 2.15. The highest BCUT2D eigenvalue weighted by molar-refractivity contribution is 5.92. The lowest BCUT2D eigenvalue weighted by Gasteiger charge is -2.35. The number of nitrogens with zero attached hydrogens (tertiary/aromatic N) is 2. The molecule has 0 saturated carbocycles. The SMILES string of the molecule is CNC(=O)c1ccc(N2CCNC[C@@H]2N)cn1. The number of piperazine rings is 1. The van der Waals surface area contributed by atoms with Gasteiger partial charge in [0.05, 0.1) is 18.1 Å². The van der Waals surface area contributed by atoms with Gasteiger partial charge in [0.1, 0.15) is 5.69 Å². The molecule has 2 rings (SSSR count). The highest BCUT2D eigenvalue weighted by Gasteiger charge is 2.19. The third kappa shape index (κ3) is 2.54. The van der Waals surface area contributed by atoms with Gasteiger partial charge in [-0.05, 0) is 12.1 Å². The Hall–Kier alpha value is -1.66. The van der Waals surface area contributed by atoms with E-state index < -0.39 is 0 Å². The molecule has 1 amide bonds. The van der Waals surface area contributed by atoms with Gasteiger partial charge in [0.2, 0.25) is 0 Å². The van der Waals surface area contributed by atoms with Gasteiger partial charge in [-0.25, -0.2) is 4.98 Å². The van der Waals surface area contributed by atoms with Crippen molar-refractivity contribution in [2.24, 2.45) is 5.73 Å². The zero-order valence-corrected chi connectivity index (χ0v) is 9.81. The van der Waals surface area contributed by atoms with Crippen LogP contribution in [-0.2, 0) is 0 Å². The Morgan fingerprint density at radius 3 is 3.06 bits per heavy atom. The van der Waals surface area contributed by atoms with Gasteiger partial charge in [0, 0.05) is 26.7 Å². The van der Waals surface area contributed by atoms with Crippen molar-refractivity contribution in [1.82, 2.24) is 15.6 Å². The second-order valence-corrected chi connectivity index (χ2v) is 3.95. The molecular formula is C11H17N5O. The maximum Gasteiger partial charge on any atom is 0.269 e. The van der Waals surface area contributed by atoms with Crippen molar-refractivity contribution in [3.63, 3.8) is 0 Å². The van der Waals surface area contributed by atoms with E-state index in [1.165, 1.54) is 0 Å². The van der Waals surface area contributed by atoms with Gasteiger partial charge in [-0.15, -0.1) is 0 Å². The van der Waals surface area contributed by atoms with Gasteiger partial charge in [-0.3, -0.25) is 4.79 Å². The molecule has 1 saturated heterocycles. The predicted octanol–water partition coefficient (Wildman–Crippen LogP) is -0.864. The lowest BCUT2D eigenvalue weighted by Crippen LogP contribution is -2.56. The van der Waals surface area contributed by atoms with Crippen LogP contribution in [0.3, 0.4) is 0 Å². The first kappa shape index (κ1) is 11.8. The molecule has 1 atom stereocenters. The minimum atomic E-state index is -0.179. The van der Waals surface area contributed by atoms with E-state index in [9.17, 15) is 4.79 Å². The maximum absolute atomic E-state index is 11.3. The van der Waals surface area contributed by atoms with E-state index in [1.54, 1.807) is 19.3 Å². The molecule has 2 heterocycles. The van der Waals surface area contributed by atoms with E-state index in [4.69, 9.17) is 5.73 Å². The van der Waals surface area contributed by atoms with Gasteiger partial charge < -0.3 is 21.3 Å². The maximum atomic E-state index is 11.3. The van der Waals surface area contributed by atoms with Crippen molar-refractivity contribution in [1.29, 1.82) is 0 Å². The number of pyridine rings is 1. The van der Waals surface area contributed by atoms with E-state index in [0.717, 1.165) is 25.3 Å². The van der Waals surface area contributed by atoms with Crippen LogP contribution >= 0.6 is 0 Å². The fourth-order valence-corrected chi connectivity index (χ4v) is 1.86. The Morgan fingerprint density at radius 2 is 2.47 bits per heavy atom. The van der Waals surface area contributed by atoms with Gasteiger partial charge in [0.15, 0.2) is 0 Å². The van der Waals surface area contributed by atoms with Gasteiger partial charge >= 0.3 is 0 Å². The molecule has 0 aliphatic carbocycles. The number of hydrogen-bond acceptors (Lipinski definition) is 5. The number of nitrogens with one attached hydrogen (secondary N) is 2. The summed E-state index contributed by atoms with van der Waals surface area (Å²) in [6.07, 6.45) is 1.65. The summed E-state index contributed by atoms with van der Waals surface area (Å²) in [5.74, 6) is -0.179. The summed E-state index contributed by atoms with van der Waals surface area (Å²) in [7, 11) is 1.59.